The Kier molecular flexibility index (Phi) is 3.19. The van der Waals surface area contributed by atoms with Crippen molar-refractivity contribution in [1.82, 2.24) is 4.90 Å². The largest absolute Gasteiger partial charge is 0.481 e. The van der Waals surface area contributed by atoms with Gasteiger partial charge in [0.25, 0.3) is 0 Å². The van der Waals surface area contributed by atoms with Gasteiger partial charge in [0.1, 0.15) is 0 Å². The van der Waals surface area contributed by atoms with E-state index in [0.29, 0.717) is 0 Å². The molecule has 0 radical (unpaired) electrons. The van der Waals surface area contributed by atoms with Crippen LogP contribution in [-0.4, -0.2) is 46.7 Å². The maximum absolute atomic E-state index is 11.1. The number of carboxylic acid groups (broad SMARTS) is 2. The highest BCUT2D eigenvalue weighted by Gasteiger charge is 2.46. The molecule has 2 unspecified atom stereocenters. The normalized spacial score (nSPS) is 29.0. The number of hydrogen-bond acceptors (Lipinski definition) is 3. The van der Waals surface area contributed by atoms with Crippen molar-refractivity contribution in [3.05, 3.63) is 23.8 Å². The van der Waals surface area contributed by atoms with Crippen LogP contribution >= 0.6 is 0 Å². The molecule has 1 aliphatic rings. The van der Waals surface area contributed by atoms with Gasteiger partial charge in [0.05, 0.1) is 17.0 Å². The Balaban J connectivity index is 3.30. The highest BCUT2D eigenvalue weighted by molar-refractivity contribution is 5.92. The molecule has 0 aromatic heterocycles. The van der Waals surface area contributed by atoms with E-state index in [2.05, 4.69) is 0 Å². The van der Waals surface area contributed by atoms with Gasteiger partial charge in [0.2, 0.25) is 0 Å². The van der Waals surface area contributed by atoms with Crippen LogP contribution in [0.3, 0.4) is 0 Å². The summed E-state index contributed by atoms with van der Waals surface area (Å²) in [5, 5.41) is 18.2. The lowest BCUT2D eigenvalue weighted by atomic mass is 9.75. The summed E-state index contributed by atoms with van der Waals surface area (Å²) >= 11 is 0. The van der Waals surface area contributed by atoms with Crippen LogP contribution in [0.2, 0.25) is 0 Å². The van der Waals surface area contributed by atoms with E-state index in [4.69, 9.17) is 10.2 Å². The van der Waals surface area contributed by atoms with Gasteiger partial charge in [-0.05, 0) is 21.0 Å². The molecule has 16 heavy (non-hydrogen) atoms. The summed E-state index contributed by atoms with van der Waals surface area (Å²) < 4.78 is 0. The molecule has 0 aromatic carbocycles. The molecule has 2 N–H and O–H groups in total. The quantitative estimate of drug-likeness (QED) is 0.735. The predicted octanol–water partition coefficient (Wildman–Crippen LogP) is 0.588. The molecule has 0 heterocycles. The van der Waals surface area contributed by atoms with Crippen molar-refractivity contribution in [2.24, 2.45) is 5.92 Å². The molecular weight excluding hydrogens is 210 g/mol. The predicted molar refractivity (Wildman–Crippen MR) is 58.1 cm³/mol. The lowest BCUT2D eigenvalue weighted by molar-refractivity contribution is -0.144. The molecule has 0 bridgehead atoms. The zero-order valence-corrected chi connectivity index (χ0v) is 9.47. The fourth-order valence-electron chi connectivity index (χ4n) is 1.92. The number of likely N-dealkylation sites (N-methyl/N-ethyl adjacent to an activating group) is 1. The molecule has 5 nitrogen and oxygen atoms in total. The standard InChI is InChI=1S/C11H15NO4/c1-11(12(2)3)7(9(13)14)5-4-6-8(11)10(15)16/h4-7H,1-3H3,(H,13,14)(H,15,16). The first kappa shape index (κ1) is 12.4. The molecule has 88 valence electrons. The average Bonchev–Trinajstić information content (AvgIpc) is 2.16. The molecule has 1 aliphatic carbocycles. The summed E-state index contributed by atoms with van der Waals surface area (Å²) in [4.78, 5) is 23.9. The van der Waals surface area contributed by atoms with Gasteiger partial charge in [0, 0.05) is 0 Å². The summed E-state index contributed by atoms with van der Waals surface area (Å²) in [6.45, 7) is 1.62. The van der Waals surface area contributed by atoms with E-state index in [1.807, 2.05) is 0 Å². The van der Waals surface area contributed by atoms with E-state index in [-0.39, 0.29) is 5.57 Å². The molecule has 0 fully saturated rings. The molecule has 2 atom stereocenters. The second-order valence-electron chi connectivity index (χ2n) is 4.13. The van der Waals surface area contributed by atoms with Gasteiger partial charge in [-0.3, -0.25) is 9.69 Å². The number of rotatable bonds is 3. The summed E-state index contributed by atoms with van der Waals surface area (Å²) in [5.41, 5.74) is -0.945. The van der Waals surface area contributed by atoms with Gasteiger partial charge in [-0.2, -0.15) is 0 Å². The number of carboxylic acids is 2. The van der Waals surface area contributed by atoms with Crippen LogP contribution < -0.4 is 0 Å². The van der Waals surface area contributed by atoms with E-state index < -0.39 is 23.4 Å². The van der Waals surface area contributed by atoms with Gasteiger partial charge in [0.15, 0.2) is 0 Å². The first-order chi connectivity index (χ1) is 7.31. The Morgan fingerprint density at radius 3 is 2.31 bits per heavy atom. The topological polar surface area (TPSA) is 77.8 Å². The maximum atomic E-state index is 11.1. The van der Waals surface area contributed by atoms with Crippen LogP contribution in [0, 0.1) is 5.92 Å². The molecule has 0 saturated heterocycles. The zero-order valence-electron chi connectivity index (χ0n) is 9.47. The van der Waals surface area contributed by atoms with Gasteiger partial charge < -0.3 is 10.2 Å². The summed E-state index contributed by atoms with van der Waals surface area (Å²) in [7, 11) is 3.34. The van der Waals surface area contributed by atoms with Gasteiger partial charge in [-0.15, -0.1) is 0 Å². The Morgan fingerprint density at radius 1 is 1.38 bits per heavy atom. The number of nitrogens with zero attached hydrogens (tertiary/aromatic N) is 1. The van der Waals surface area contributed by atoms with E-state index >= 15 is 0 Å². The Morgan fingerprint density at radius 2 is 1.94 bits per heavy atom. The number of aliphatic carboxylic acids is 2. The third kappa shape index (κ3) is 1.74. The van der Waals surface area contributed by atoms with Crippen molar-refractivity contribution in [3.8, 4) is 0 Å². The lowest BCUT2D eigenvalue weighted by Gasteiger charge is -2.41. The van der Waals surface area contributed by atoms with Crippen LogP contribution in [0.5, 0.6) is 0 Å². The van der Waals surface area contributed by atoms with Crippen molar-refractivity contribution in [2.45, 2.75) is 12.5 Å². The van der Waals surface area contributed by atoms with E-state index in [1.165, 1.54) is 18.2 Å². The second kappa shape index (κ2) is 4.09. The first-order valence-corrected chi connectivity index (χ1v) is 4.84. The molecule has 0 aromatic rings. The van der Waals surface area contributed by atoms with Crippen LogP contribution in [-0.2, 0) is 9.59 Å². The molecule has 5 heteroatoms. The molecular formula is C11H15NO4. The minimum Gasteiger partial charge on any atom is -0.481 e. The maximum Gasteiger partial charge on any atom is 0.333 e. The zero-order chi connectivity index (χ0) is 12.5. The number of allylic oxidation sites excluding steroid dienone is 2. The third-order valence-corrected chi connectivity index (χ3v) is 3.14. The Bertz CT molecular complexity index is 383. The highest BCUT2D eigenvalue weighted by atomic mass is 16.4. The first-order valence-electron chi connectivity index (χ1n) is 4.84. The summed E-state index contributed by atoms with van der Waals surface area (Å²) in [6, 6.07) is 0. The Labute approximate surface area is 93.7 Å². The summed E-state index contributed by atoms with van der Waals surface area (Å²) in [6.07, 6.45) is 4.43. The fraction of sp³-hybridized carbons (Fsp3) is 0.455. The average molecular weight is 225 g/mol. The van der Waals surface area contributed by atoms with Gasteiger partial charge >= 0.3 is 11.9 Å². The second-order valence-corrected chi connectivity index (χ2v) is 4.13. The van der Waals surface area contributed by atoms with Crippen LogP contribution in [0.1, 0.15) is 6.92 Å². The van der Waals surface area contributed by atoms with Gasteiger partial charge in [-0.25, -0.2) is 4.79 Å². The van der Waals surface area contributed by atoms with Crippen molar-refractivity contribution in [1.29, 1.82) is 0 Å². The van der Waals surface area contributed by atoms with Crippen LogP contribution in [0.4, 0.5) is 0 Å². The Hall–Kier alpha value is -1.62. The van der Waals surface area contributed by atoms with Crippen molar-refractivity contribution in [3.63, 3.8) is 0 Å². The van der Waals surface area contributed by atoms with Crippen LogP contribution in [0.25, 0.3) is 0 Å². The molecule has 0 saturated carbocycles. The van der Waals surface area contributed by atoms with E-state index in [1.54, 1.807) is 25.9 Å². The monoisotopic (exact) mass is 225 g/mol. The number of hydrogen-bond donors (Lipinski definition) is 2. The number of carbonyl (C=O) groups is 2. The lowest BCUT2D eigenvalue weighted by Crippen LogP contribution is -2.54. The summed E-state index contributed by atoms with van der Waals surface area (Å²) in [5.74, 6) is -2.98. The van der Waals surface area contributed by atoms with E-state index in [9.17, 15) is 9.59 Å². The SMILES string of the molecule is CN(C)C1(C)C(C(=O)O)=CC=CC1C(=O)O. The minimum absolute atomic E-state index is 0.0902. The molecule has 0 aliphatic heterocycles. The van der Waals surface area contributed by atoms with Gasteiger partial charge in [-0.1, -0.05) is 18.2 Å². The van der Waals surface area contributed by atoms with Crippen molar-refractivity contribution in [2.75, 3.05) is 14.1 Å². The van der Waals surface area contributed by atoms with Crippen molar-refractivity contribution >= 4 is 11.9 Å². The molecule has 0 spiro atoms. The molecule has 1 rings (SSSR count). The van der Waals surface area contributed by atoms with Crippen molar-refractivity contribution < 1.29 is 19.8 Å². The highest BCUT2D eigenvalue weighted by Crippen LogP contribution is 2.35. The van der Waals surface area contributed by atoms with Crippen LogP contribution in [0.15, 0.2) is 23.8 Å². The fourth-order valence-corrected chi connectivity index (χ4v) is 1.92. The van der Waals surface area contributed by atoms with E-state index in [0.717, 1.165) is 0 Å². The minimum atomic E-state index is -1.09. The third-order valence-electron chi connectivity index (χ3n) is 3.14. The smallest absolute Gasteiger partial charge is 0.333 e. The molecule has 0 amide bonds.